The molecule has 2 aromatic carbocycles. The number of benzene rings is 2. The number of hydrogen-bond donors (Lipinski definition) is 2. The molecule has 9 heteroatoms. The van der Waals surface area contributed by atoms with Crippen LogP contribution in [0.15, 0.2) is 42.5 Å². The number of carbonyl (C=O) groups excluding carboxylic acids is 2. The Bertz CT molecular complexity index is 805. The Labute approximate surface area is 146 Å². The number of halogens is 4. The third-order valence-corrected chi connectivity index (χ3v) is 3.19. The van der Waals surface area contributed by atoms with Gasteiger partial charge >= 0.3 is 18.2 Å². The SMILES string of the molecule is CCOC(=O)c1ccc(NC(=O)Nc2ccc(F)cc2C(F)(F)F)cc1. The first-order valence-corrected chi connectivity index (χ1v) is 7.42. The van der Waals surface area contributed by atoms with Gasteiger partial charge in [0, 0.05) is 5.69 Å². The molecule has 138 valence electrons. The molecule has 0 saturated carbocycles. The maximum absolute atomic E-state index is 13.1. The molecule has 0 atom stereocenters. The summed E-state index contributed by atoms with van der Waals surface area (Å²) < 4.78 is 56.6. The van der Waals surface area contributed by atoms with E-state index in [1.807, 2.05) is 5.32 Å². The molecule has 2 amide bonds. The van der Waals surface area contributed by atoms with Crippen molar-refractivity contribution in [3.8, 4) is 0 Å². The molecule has 0 radical (unpaired) electrons. The van der Waals surface area contributed by atoms with Gasteiger partial charge in [-0.2, -0.15) is 13.2 Å². The Hall–Kier alpha value is -3.10. The zero-order valence-corrected chi connectivity index (χ0v) is 13.5. The summed E-state index contributed by atoms with van der Waals surface area (Å²) in [6.45, 7) is 1.86. The highest BCUT2D eigenvalue weighted by molar-refractivity contribution is 6.00. The van der Waals surface area contributed by atoms with Crippen LogP contribution in [0.1, 0.15) is 22.8 Å². The van der Waals surface area contributed by atoms with Gasteiger partial charge in [0.1, 0.15) is 5.82 Å². The number of carbonyl (C=O) groups is 2. The number of rotatable bonds is 4. The van der Waals surface area contributed by atoms with Crippen molar-refractivity contribution in [1.29, 1.82) is 0 Å². The second kappa shape index (κ2) is 7.85. The fourth-order valence-electron chi connectivity index (χ4n) is 2.05. The van der Waals surface area contributed by atoms with Gasteiger partial charge in [0.05, 0.1) is 23.4 Å². The summed E-state index contributed by atoms with van der Waals surface area (Å²) in [4.78, 5) is 23.4. The van der Waals surface area contributed by atoms with E-state index >= 15 is 0 Å². The molecule has 0 spiro atoms. The molecule has 2 N–H and O–H groups in total. The van der Waals surface area contributed by atoms with Gasteiger partial charge in [0.25, 0.3) is 0 Å². The molecule has 0 saturated heterocycles. The largest absolute Gasteiger partial charge is 0.462 e. The minimum Gasteiger partial charge on any atom is -0.462 e. The molecule has 0 aromatic heterocycles. The average Bonchev–Trinajstić information content (AvgIpc) is 2.56. The summed E-state index contributed by atoms with van der Waals surface area (Å²) >= 11 is 0. The average molecular weight is 370 g/mol. The van der Waals surface area contributed by atoms with Crippen LogP contribution >= 0.6 is 0 Å². The molecule has 0 aliphatic heterocycles. The van der Waals surface area contributed by atoms with E-state index in [1.54, 1.807) is 6.92 Å². The maximum atomic E-state index is 13.1. The van der Waals surface area contributed by atoms with Crippen molar-refractivity contribution < 1.29 is 31.9 Å². The second-order valence-corrected chi connectivity index (χ2v) is 5.06. The highest BCUT2D eigenvalue weighted by Gasteiger charge is 2.34. The molecule has 2 aromatic rings. The minimum atomic E-state index is -4.83. The molecule has 0 unspecified atom stereocenters. The van der Waals surface area contributed by atoms with Crippen LogP contribution in [-0.4, -0.2) is 18.6 Å². The first-order chi connectivity index (χ1) is 12.2. The first kappa shape index (κ1) is 19.2. The lowest BCUT2D eigenvalue weighted by atomic mass is 10.1. The number of amides is 2. The normalized spacial score (nSPS) is 11.0. The third kappa shape index (κ3) is 4.95. The molecule has 0 heterocycles. The van der Waals surface area contributed by atoms with Crippen LogP contribution in [0.3, 0.4) is 0 Å². The summed E-state index contributed by atoms with van der Waals surface area (Å²) in [5.74, 6) is -1.61. The number of urea groups is 1. The molecule has 0 bridgehead atoms. The van der Waals surface area contributed by atoms with Crippen LogP contribution in [-0.2, 0) is 10.9 Å². The lowest BCUT2D eigenvalue weighted by molar-refractivity contribution is -0.137. The number of hydrogen-bond acceptors (Lipinski definition) is 3. The van der Waals surface area contributed by atoms with Crippen LogP contribution in [0.2, 0.25) is 0 Å². The molecular weight excluding hydrogens is 356 g/mol. The van der Waals surface area contributed by atoms with Crippen molar-refractivity contribution in [3.63, 3.8) is 0 Å². The standard InChI is InChI=1S/C17H14F4N2O3/c1-2-26-15(24)10-3-6-12(7-4-10)22-16(25)23-14-8-5-11(18)9-13(14)17(19,20)21/h3-9H,2H2,1H3,(H2,22,23,25). The minimum absolute atomic E-state index is 0.209. The Morgan fingerprint density at radius 1 is 1.04 bits per heavy atom. The van der Waals surface area contributed by atoms with Crippen molar-refractivity contribution in [2.75, 3.05) is 17.2 Å². The van der Waals surface area contributed by atoms with Gasteiger partial charge in [-0.15, -0.1) is 0 Å². The Morgan fingerprint density at radius 2 is 1.69 bits per heavy atom. The van der Waals surface area contributed by atoms with Crippen LogP contribution in [0.4, 0.5) is 33.7 Å². The molecule has 0 aliphatic carbocycles. The molecule has 0 fully saturated rings. The summed E-state index contributed by atoms with van der Waals surface area (Å²) in [6.07, 6.45) is -4.83. The van der Waals surface area contributed by atoms with Crippen molar-refractivity contribution >= 4 is 23.4 Å². The Balaban J connectivity index is 2.09. The quantitative estimate of drug-likeness (QED) is 0.607. The zero-order chi connectivity index (χ0) is 19.3. The summed E-state index contributed by atoms with van der Waals surface area (Å²) in [5.41, 5.74) is -1.38. The lowest BCUT2D eigenvalue weighted by Crippen LogP contribution is -2.22. The summed E-state index contributed by atoms with van der Waals surface area (Å²) in [7, 11) is 0. The predicted molar refractivity (Wildman–Crippen MR) is 86.4 cm³/mol. The first-order valence-electron chi connectivity index (χ1n) is 7.42. The number of anilines is 2. The molecule has 0 aliphatic rings. The van der Waals surface area contributed by atoms with Gasteiger partial charge in [-0.05, 0) is 49.4 Å². The van der Waals surface area contributed by atoms with E-state index in [-0.39, 0.29) is 17.9 Å². The van der Waals surface area contributed by atoms with Gasteiger partial charge in [0.15, 0.2) is 0 Å². The monoisotopic (exact) mass is 370 g/mol. The number of esters is 1. The topological polar surface area (TPSA) is 67.4 Å². The van der Waals surface area contributed by atoms with Gasteiger partial charge < -0.3 is 15.4 Å². The highest BCUT2D eigenvalue weighted by atomic mass is 19.4. The van der Waals surface area contributed by atoms with E-state index in [2.05, 4.69) is 5.32 Å². The van der Waals surface area contributed by atoms with E-state index in [1.165, 1.54) is 24.3 Å². The smallest absolute Gasteiger partial charge is 0.418 e. The maximum Gasteiger partial charge on any atom is 0.418 e. The van der Waals surface area contributed by atoms with Gasteiger partial charge in [0.2, 0.25) is 0 Å². The van der Waals surface area contributed by atoms with E-state index in [4.69, 9.17) is 4.74 Å². The van der Waals surface area contributed by atoms with E-state index < -0.39 is 35.2 Å². The van der Waals surface area contributed by atoms with Crippen molar-refractivity contribution in [2.24, 2.45) is 0 Å². The number of nitrogens with one attached hydrogen (secondary N) is 2. The van der Waals surface area contributed by atoms with E-state index in [0.717, 1.165) is 12.1 Å². The number of alkyl halides is 3. The van der Waals surface area contributed by atoms with Crippen LogP contribution in [0.25, 0.3) is 0 Å². The van der Waals surface area contributed by atoms with Gasteiger partial charge in [-0.25, -0.2) is 14.0 Å². The summed E-state index contributed by atoms with van der Waals surface area (Å²) in [6, 6.07) is 6.54. The molecule has 26 heavy (non-hydrogen) atoms. The van der Waals surface area contributed by atoms with Crippen LogP contribution < -0.4 is 10.6 Å². The third-order valence-electron chi connectivity index (χ3n) is 3.19. The van der Waals surface area contributed by atoms with Crippen LogP contribution in [0.5, 0.6) is 0 Å². The van der Waals surface area contributed by atoms with Crippen molar-refractivity contribution in [2.45, 2.75) is 13.1 Å². The Morgan fingerprint density at radius 3 is 2.27 bits per heavy atom. The number of ether oxygens (including phenoxy) is 1. The van der Waals surface area contributed by atoms with Crippen LogP contribution in [0, 0.1) is 5.82 Å². The second-order valence-electron chi connectivity index (χ2n) is 5.06. The van der Waals surface area contributed by atoms with Gasteiger partial charge in [-0.1, -0.05) is 0 Å². The lowest BCUT2D eigenvalue weighted by Gasteiger charge is -2.14. The Kier molecular flexibility index (Phi) is 5.81. The van der Waals surface area contributed by atoms with E-state index in [9.17, 15) is 27.2 Å². The molecule has 5 nitrogen and oxygen atoms in total. The van der Waals surface area contributed by atoms with Crippen molar-refractivity contribution in [3.05, 3.63) is 59.4 Å². The van der Waals surface area contributed by atoms with Crippen molar-refractivity contribution in [1.82, 2.24) is 0 Å². The fourth-order valence-corrected chi connectivity index (χ4v) is 2.05. The highest BCUT2D eigenvalue weighted by Crippen LogP contribution is 2.35. The van der Waals surface area contributed by atoms with Gasteiger partial charge in [-0.3, -0.25) is 0 Å². The predicted octanol–water partition coefficient (Wildman–Crippen LogP) is 4.67. The molecular formula is C17H14F4N2O3. The fraction of sp³-hybridized carbons (Fsp3) is 0.176. The zero-order valence-electron chi connectivity index (χ0n) is 13.5. The summed E-state index contributed by atoms with van der Waals surface area (Å²) in [5, 5.41) is 4.34. The molecule has 2 rings (SSSR count). The van der Waals surface area contributed by atoms with E-state index in [0.29, 0.717) is 6.07 Å².